The summed E-state index contributed by atoms with van der Waals surface area (Å²) >= 11 is 3.35. The second kappa shape index (κ2) is 19.6. The van der Waals surface area contributed by atoms with Gasteiger partial charge >= 0.3 is 24.8 Å². The van der Waals surface area contributed by atoms with Gasteiger partial charge in [0.05, 0.1) is 24.1 Å². The molecular weight excluding hydrogens is 629 g/mol. The Morgan fingerprint density at radius 3 is 1.70 bits per heavy atom. The molecule has 0 heterocycles. The van der Waals surface area contributed by atoms with Crippen LogP contribution in [0.1, 0.15) is 90.4 Å². The number of hydrogen-bond donors (Lipinski definition) is 0. The molecule has 3 saturated carbocycles. The van der Waals surface area contributed by atoms with Crippen LogP contribution in [-0.2, 0) is 14.6 Å². The Morgan fingerprint density at radius 2 is 1.26 bits per heavy atom. The van der Waals surface area contributed by atoms with E-state index in [1.165, 1.54) is 51.4 Å². The zero-order valence-electron chi connectivity index (χ0n) is 26.2. The molecule has 0 radical (unpaired) electrons. The Hall–Kier alpha value is -0.896. The van der Waals surface area contributed by atoms with Gasteiger partial charge in [-0.3, -0.25) is 0 Å². The molecule has 5 heteroatoms. The fraction of sp³-hybridized carbons (Fsp3) is 0.526. The second-order valence-corrected chi connectivity index (χ2v) is 18.6. The number of benzene rings is 3. The Kier molecular flexibility index (Phi) is 15.9. The molecule has 3 aliphatic carbocycles. The predicted octanol–water partition coefficient (Wildman–Crippen LogP) is 10.7. The third-order valence-electron chi connectivity index (χ3n) is 10.2. The van der Waals surface area contributed by atoms with Gasteiger partial charge in [0.2, 0.25) is 0 Å². The Bertz CT molecular complexity index is 1060. The summed E-state index contributed by atoms with van der Waals surface area (Å²) in [6, 6.07) is 33.4. The minimum atomic E-state index is -0.302. The summed E-state index contributed by atoms with van der Waals surface area (Å²) in [6.45, 7) is 2.66. The van der Waals surface area contributed by atoms with Crippen LogP contribution in [0.25, 0.3) is 0 Å². The van der Waals surface area contributed by atoms with Gasteiger partial charge in [-0.25, -0.2) is 0 Å². The van der Waals surface area contributed by atoms with Crippen LogP contribution < -0.4 is 15.3 Å². The van der Waals surface area contributed by atoms with Crippen LogP contribution in [0.15, 0.2) is 84.9 Å². The van der Waals surface area contributed by atoms with Crippen LogP contribution >= 0.6 is 26.0 Å². The first-order chi connectivity index (χ1) is 21.3. The molecule has 3 atom stereocenters. The zero-order valence-corrected chi connectivity index (χ0v) is 29.8. The topological polar surface area (TPSA) is 9.23 Å². The molecule has 0 aromatic heterocycles. The molecule has 0 spiro atoms. The maximum atomic E-state index is 4.88. The van der Waals surface area contributed by atoms with Crippen molar-refractivity contribution in [1.29, 1.82) is 0 Å². The monoisotopic (exact) mass is 679 g/mol. The van der Waals surface area contributed by atoms with Crippen LogP contribution in [-0.4, -0.2) is 29.7 Å². The van der Waals surface area contributed by atoms with Crippen molar-refractivity contribution < 1.29 is 19.3 Å². The van der Waals surface area contributed by atoms with E-state index in [4.69, 9.17) is 4.74 Å². The average molecular weight is 681 g/mol. The quantitative estimate of drug-likeness (QED) is 0.131. The van der Waals surface area contributed by atoms with Crippen molar-refractivity contribution in [3.63, 3.8) is 0 Å². The van der Waals surface area contributed by atoms with Crippen LogP contribution in [0.5, 0.6) is 5.75 Å². The number of rotatable bonds is 8. The van der Waals surface area contributed by atoms with Gasteiger partial charge in [0.25, 0.3) is 0 Å². The van der Waals surface area contributed by atoms with Crippen molar-refractivity contribution in [3.05, 3.63) is 91.0 Å². The van der Waals surface area contributed by atoms with E-state index in [-0.39, 0.29) is 15.8 Å². The van der Waals surface area contributed by atoms with Crippen LogP contribution in [0.3, 0.4) is 0 Å². The SMILES string of the molecule is CC(C1CCCC1[PH+](C1CCCCC1)C1CCCCC1)P(c1ccccc1)c1ccccc1.COc1c[c-]ccc1.[Cl][Ni]. The standard InChI is InChI=1S/C31H44P2.C7H7O.ClH.Ni/c1-25(32(26-15-6-2-7-16-26)27-17-8-3-9-18-27)30-23-14-24-31(30)33(28-19-10-4-11-20-28)29-21-12-5-13-22-29;1-8-7-5-3-2-4-6-7;;/h2-3,6-9,15-18,25,28-31H,4-5,10-14,19-24H2,1H3;2-3,5-6H,1H3;1H;/q;-1;;+1. The molecule has 237 valence electrons. The van der Waals surface area contributed by atoms with E-state index in [2.05, 4.69) is 98.4 Å². The number of ether oxygens (including phenoxy) is 1. The zero-order chi connectivity index (χ0) is 30.3. The molecule has 0 aliphatic heterocycles. The number of hydrogen-bond acceptors (Lipinski definition) is 1. The normalized spacial score (nSPS) is 21.8. The minimum absolute atomic E-state index is 0.293. The van der Waals surface area contributed by atoms with Crippen LogP contribution in [0.4, 0.5) is 0 Å². The summed E-state index contributed by atoms with van der Waals surface area (Å²) in [5.41, 5.74) is 4.13. The molecule has 3 aromatic rings. The van der Waals surface area contributed by atoms with Gasteiger partial charge in [0, 0.05) is 19.6 Å². The predicted molar refractivity (Wildman–Crippen MR) is 189 cm³/mol. The number of methoxy groups -OCH3 is 1. The average Bonchev–Trinajstić information content (AvgIpc) is 3.58. The van der Waals surface area contributed by atoms with Crippen LogP contribution in [0.2, 0.25) is 0 Å². The molecule has 6 rings (SSSR count). The second-order valence-electron chi connectivity index (χ2n) is 12.6. The summed E-state index contributed by atoms with van der Waals surface area (Å²) in [7, 11) is 5.31. The van der Waals surface area contributed by atoms with Crippen molar-refractivity contribution in [3.8, 4) is 5.75 Å². The van der Waals surface area contributed by atoms with Gasteiger partial charge < -0.3 is 4.74 Å². The van der Waals surface area contributed by atoms with Gasteiger partial charge in [-0.05, 0) is 94.8 Å². The number of halogens is 1. The van der Waals surface area contributed by atoms with Crippen molar-refractivity contribution in [2.75, 3.05) is 7.11 Å². The van der Waals surface area contributed by atoms with Gasteiger partial charge in [0.15, 0.2) is 0 Å². The molecule has 3 unspecified atom stereocenters. The summed E-state index contributed by atoms with van der Waals surface area (Å²) in [6.07, 6.45) is 20.0. The van der Waals surface area contributed by atoms with Crippen molar-refractivity contribution >= 4 is 36.6 Å². The molecule has 0 N–H and O–H groups in total. The van der Waals surface area contributed by atoms with E-state index in [9.17, 15) is 0 Å². The Morgan fingerprint density at radius 1 is 0.721 bits per heavy atom. The van der Waals surface area contributed by atoms with E-state index < -0.39 is 0 Å². The summed E-state index contributed by atoms with van der Waals surface area (Å²) < 4.78 is 4.88. The molecule has 43 heavy (non-hydrogen) atoms. The third-order valence-corrected chi connectivity index (χ3v) is 17.7. The molecular formula is C38H52ClNiOP2. The molecule has 0 saturated heterocycles. The van der Waals surface area contributed by atoms with E-state index >= 15 is 0 Å². The maximum absolute atomic E-state index is 4.88. The molecule has 0 bridgehead atoms. The first-order valence-electron chi connectivity index (χ1n) is 16.6. The van der Waals surface area contributed by atoms with Crippen molar-refractivity contribution in [2.24, 2.45) is 5.92 Å². The van der Waals surface area contributed by atoms with Gasteiger partial charge in [-0.2, -0.15) is 18.2 Å². The molecule has 3 fully saturated rings. The van der Waals surface area contributed by atoms with Crippen LogP contribution in [0, 0.1) is 12.0 Å². The summed E-state index contributed by atoms with van der Waals surface area (Å²) in [5, 5.41) is 3.20. The first-order valence-corrected chi connectivity index (χ1v) is 21.1. The molecule has 1 nitrogen and oxygen atoms in total. The molecule has 0 amide bonds. The molecule has 3 aromatic carbocycles. The van der Waals surface area contributed by atoms with Gasteiger partial charge in [-0.1, -0.05) is 80.4 Å². The first kappa shape index (κ1) is 35.0. The van der Waals surface area contributed by atoms with E-state index in [0.29, 0.717) is 0 Å². The summed E-state index contributed by atoms with van der Waals surface area (Å²) in [4.78, 5) is 0. The Balaban J connectivity index is 0.000000364. The Labute approximate surface area is 277 Å². The van der Waals surface area contributed by atoms with E-state index in [1.54, 1.807) is 55.9 Å². The fourth-order valence-electron chi connectivity index (χ4n) is 8.28. The summed E-state index contributed by atoms with van der Waals surface area (Å²) in [5.74, 6) is 1.81. The van der Waals surface area contributed by atoms with E-state index in [1.807, 2.05) is 18.2 Å². The third kappa shape index (κ3) is 10.0. The molecule has 3 aliphatic rings. The van der Waals surface area contributed by atoms with Gasteiger partial charge in [0.1, 0.15) is 0 Å². The van der Waals surface area contributed by atoms with Crippen molar-refractivity contribution in [1.82, 2.24) is 0 Å². The van der Waals surface area contributed by atoms with E-state index in [0.717, 1.165) is 34.3 Å². The fourth-order valence-corrected chi connectivity index (χ4v) is 16.9. The van der Waals surface area contributed by atoms with Gasteiger partial charge in [-0.15, -0.1) is 12.1 Å². The van der Waals surface area contributed by atoms with Crippen molar-refractivity contribution in [2.45, 2.75) is 113 Å².